The number of carbonyl (C=O) groups excluding carboxylic acids is 1. The number of benzene rings is 1. The zero-order valence-electron chi connectivity index (χ0n) is 15.0. The van der Waals surface area contributed by atoms with E-state index in [0.29, 0.717) is 32.7 Å². The second kappa shape index (κ2) is 7.75. The van der Waals surface area contributed by atoms with Crippen LogP contribution >= 0.6 is 0 Å². The summed E-state index contributed by atoms with van der Waals surface area (Å²) in [6, 6.07) is 6.08. The van der Waals surface area contributed by atoms with Crippen LogP contribution in [0, 0.1) is 5.82 Å². The third-order valence-electron chi connectivity index (χ3n) is 5.05. The van der Waals surface area contributed by atoms with Gasteiger partial charge < -0.3 is 19.8 Å². The molecule has 2 fully saturated rings. The smallest absolute Gasteiger partial charge is 0.249 e. The molecule has 2 N–H and O–H groups in total. The van der Waals surface area contributed by atoms with Gasteiger partial charge in [0.05, 0.1) is 19.5 Å². The van der Waals surface area contributed by atoms with Crippen molar-refractivity contribution >= 4 is 5.91 Å². The van der Waals surface area contributed by atoms with Crippen molar-refractivity contribution in [3.05, 3.63) is 53.9 Å². The van der Waals surface area contributed by atoms with Crippen molar-refractivity contribution < 1.29 is 18.7 Å². The first-order valence-corrected chi connectivity index (χ1v) is 9.09. The molecule has 1 amide bonds. The SMILES string of the molecule is O=C(NCc1ccc(F)cc1)C1CC2(CO1)CN(Cc1cnc[nH]1)CCO2. The third kappa shape index (κ3) is 4.35. The summed E-state index contributed by atoms with van der Waals surface area (Å²) in [5, 5.41) is 2.86. The quantitative estimate of drug-likeness (QED) is 0.823. The van der Waals surface area contributed by atoms with Crippen molar-refractivity contribution in [3.8, 4) is 0 Å². The lowest BCUT2D eigenvalue weighted by atomic mass is 9.97. The second-order valence-electron chi connectivity index (χ2n) is 7.17. The van der Waals surface area contributed by atoms with E-state index in [4.69, 9.17) is 9.47 Å². The molecule has 7 nitrogen and oxygen atoms in total. The number of aromatic nitrogens is 2. The zero-order chi connectivity index (χ0) is 18.7. The number of aromatic amines is 1. The van der Waals surface area contributed by atoms with Crippen molar-refractivity contribution in [2.24, 2.45) is 0 Å². The summed E-state index contributed by atoms with van der Waals surface area (Å²) in [5.74, 6) is -0.453. The monoisotopic (exact) mass is 374 g/mol. The molecule has 3 heterocycles. The maximum absolute atomic E-state index is 13.0. The highest BCUT2D eigenvalue weighted by Gasteiger charge is 2.46. The van der Waals surface area contributed by atoms with Crippen molar-refractivity contribution in [3.63, 3.8) is 0 Å². The molecule has 0 radical (unpaired) electrons. The largest absolute Gasteiger partial charge is 0.370 e. The number of H-pyrrole nitrogens is 1. The van der Waals surface area contributed by atoms with Crippen LogP contribution < -0.4 is 5.32 Å². The van der Waals surface area contributed by atoms with Gasteiger partial charge >= 0.3 is 0 Å². The zero-order valence-corrected chi connectivity index (χ0v) is 15.0. The summed E-state index contributed by atoms with van der Waals surface area (Å²) in [6.45, 7) is 3.68. The average Bonchev–Trinajstić information content (AvgIpc) is 3.32. The Morgan fingerprint density at radius 1 is 1.41 bits per heavy atom. The summed E-state index contributed by atoms with van der Waals surface area (Å²) < 4.78 is 24.7. The highest BCUT2D eigenvalue weighted by atomic mass is 19.1. The molecule has 2 saturated heterocycles. The molecule has 1 spiro atoms. The van der Waals surface area contributed by atoms with Gasteiger partial charge in [-0.15, -0.1) is 0 Å². The van der Waals surface area contributed by atoms with Crippen LogP contribution in [0.15, 0.2) is 36.8 Å². The number of morpholine rings is 1. The topological polar surface area (TPSA) is 79.5 Å². The molecule has 2 aromatic rings. The number of hydrogen-bond acceptors (Lipinski definition) is 5. The number of hydrogen-bond donors (Lipinski definition) is 2. The molecule has 2 atom stereocenters. The van der Waals surface area contributed by atoms with Crippen LogP contribution in [0.4, 0.5) is 4.39 Å². The van der Waals surface area contributed by atoms with Gasteiger partial charge in [-0.25, -0.2) is 9.37 Å². The molecule has 144 valence electrons. The van der Waals surface area contributed by atoms with E-state index in [2.05, 4.69) is 20.2 Å². The number of nitrogens with one attached hydrogen (secondary N) is 2. The Labute approximate surface area is 156 Å². The van der Waals surface area contributed by atoms with Gasteiger partial charge in [-0.3, -0.25) is 9.69 Å². The maximum atomic E-state index is 13.0. The van der Waals surface area contributed by atoms with E-state index in [1.165, 1.54) is 12.1 Å². The third-order valence-corrected chi connectivity index (χ3v) is 5.05. The fourth-order valence-electron chi connectivity index (χ4n) is 3.66. The molecule has 1 aromatic carbocycles. The molecule has 2 aliphatic rings. The van der Waals surface area contributed by atoms with Crippen LogP contribution in [-0.4, -0.2) is 58.8 Å². The number of ether oxygens (including phenoxy) is 2. The fourth-order valence-corrected chi connectivity index (χ4v) is 3.66. The van der Waals surface area contributed by atoms with Gasteiger partial charge in [-0.1, -0.05) is 12.1 Å². The lowest BCUT2D eigenvalue weighted by Gasteiger charge is -2.39. The lowest BCUT2D eigenvalue weighted by Crippen LogP contribution is -2.52. The standard InChI is InChI=1S/C19H23FN4O3/c20-15-3-1-14(2-4-15)8-22-18(25)17-7-19(12-26-17)11-24(5-6-27-19)10-16-9-21-13-23-16/h1-4,9,13,17H,5-8,10-12H2,(H,21,23)(H,22,25). The maximum Gasteiger partial charge on any atom is 0.249 e. The molecular formula is C19H23FN4O3. The molecule has 0 bridgehead atoms. The minimum atomic E-state index is -0.530. The summed E-state index contributed by atoms with van der Waals surface area (Å²) in [5.41, 5.74) is 1.45. The predicted octanol–water partition coefficient (Wildman–Crippen LogP) is 1.23. The summed E-state index contributed by atoms with van der Waals surface area (Å²) in [6.07, 6.45) is 3.49. The van der Waals surface area contributed by atoms with Crippen LogP contribution in [0.3, 0.4) is 0 Å². The van der Waals surface area contributed by atoms with Gasteiger partial charge in [-0.05, 0) is 17.7 Å². The minimum Gasteiger partial charge on any atom is -0.370 e. The lowest BCUT2D eigenvalue weighted by molar-refractivity contribution is -0.130. The van der Waals surface area contributed by atoms with E-state index >= 15 is 0 Å². The highest BCUT2D eigenvalue weighted by molar-refractivity contribution is 5.81. The first-order chi connectivity index (χ1) is 13.1. The molecule has 27 heavy (non-hydrogen) atoms. The van der Waals surface area contributed by atoms with Gasteiger partial charge in [0, 0.05) is 44.5 Å². The van der Waals surface area contributed by atoms with Crippen LogP contribution in [0.5, 0.6) is 0 Å². The van der Waals surface area contributed by atoms with Crippen LogP contribution in [0.25, 0.3) is 0 Å². The van der Waals surface area contributed by atoms with E-state index in [1.54, 1.807) is 18.5 Å². The van der Waals surface area contributed by atoms with Gasteiger partial charge in [0.25, 0.3) is 0 Å². The molecule has 2 unspecified atom stereocenters. The Kier molecular flexibility index (Phi) is 5.20. The number of nitrogens with zero attached hydrogens (tertiary/aromatic N) is 2. The number of carbonyl (C=O) groups is 1. The first-order valence-electron chi connectivity index (χ1n) is 9.09. The van der Waals surface area contributed by atoms with Crippen LogP contribution in [0.2, 0.25) is 0 Å². The molecule has 8 heteroatoms. The first kappa shape index (κ1) is 18.1. The van der Waals surface area contributed by atoms with Gasteiger partial charge in [-0.2, -0.15) is 0 Å². The number of halogens is 1. The summed E-state index contributed by atoms with van der Waals surface area (Å²) in [7, 11) is 0. The molecule has 0 saturated carbocycles. The van der Waals surface area contributed by atoms with Gasteiger partial charge in [0.2, 0.25) is 5.91 Å². The Hall–Kier alpha value is -2.29. The Bertz CT molecular complexity index is 768. The minimum absolute atomic E-state index is 0.162. The number of rotatable bonds is 5. The Morgan fingerprint density at radius 3 is 3.04 bits per heavy atom. The summed E-state index contributed by atoms with van der Waals surface area (Å²) in [4.78, 5) is 21.9. The van der Waals surface area contributed by atoms with Crippen molar-refractivity contribution in [2.45, 2.75) is 31.2 Å². The van der Waals surface area contributed by atoms with Crippen LogP contribution in [-0.2, 0) is 27.4 Å². The van der Waals surface area contributed by atoms with Crippen molar-refractivity contribution in [1.82, 2.24) is 20.2 Å². The fraction of sp³-hybridized carbons (Fsp3) is 0.474. The Morgan fingerprint density at radius 2 is 2.26 bits per heavy atom. The van der Waals surface area contributed by atoms with Crippen molar-refractivity contribution in [2.75, 3.05) is 26.3 Å². The number of imidazole rings is 1. The normalized spacial score (nSPS) is 25.7. The van der Waals surface area contributed by atoms with Crippen molar-refractivity contribution in [1.29, 1.82) is 0 Å². The van der Waals surface area contributed by atoms with E-state index in [-0.39, 0.29) is 11.7 Å². The molecule has 0 aliphatic carbocycles. The predicted molar refractivity (Wildman–Crippen MR) is 95.2 cm³/mol. The van der Waals surface area contributed by atoms with Crippen LogP contribution in [0.1, 0.15) is 17.7 Å². The van der Waals surface area contributed by atoms with Gasteiger partial charge in [0.1, 0.15) is 17.5 Å². The Balaban J connectivity index is 1.30. The van der Waals surface area contributed by atoms with Gasteiger partial charge in [0.15, 0.2) is 0 Å². The second-order valence-corrected chi connectivity index (χ2v) is 7.17. The molecule has 1 aromatic heterocycles. The molecule has 4 rings (SSSR count). The summed E-state index contributed by atoms with van der Waals surface area (Å²) >= 11 is 0. The molecule has 2 aliphatic heterocycles. The number of amides is 1. The average molecular weight is 374 g/mol. The van der Waals surface area contributed by atoms with E-state index in [1.807, 2.05) is 6.20 Å². The van der Waals surface area contributed by atoms with E-state index in [9.17, 15) is 9.18 Å². The molecular weight excluding hydrogens is 351 g/mol. The van der Waals surface area contributed by atoms with E-state index in [0.717, 1.165) is 24.3 Å². The highest BCUT2D eigenvalue weighted by Crippen LogP contribution is 2.32. The van der Waals surface area contributed by atoms with E-state index < -0.39 is 11.7 Å².